The number of benzene rings is 1. The molecule has 0 saturated heterocycles. The minimum atomic E-state index is 0.718. The highest BCUT2D eigenvalue weighted by Gasteiger charge is 2.10. The summed E-state index contributed by atoms with van der Waals surface area (Å²) in [6, 6.07) is 6.13. The van der Waals surface area contributed by atoms with Crippen molar-refractivity contribution in [3.8, 4) is 0 Å². The number of aliphatic imine (C=N–C) groups is 2. The number of fused-ring (bicyclic) bond motifs is 1. The molecule has 130 valence electrons. The molecule has 1 aliphatic carbocycles. The zero-order chi connectivity index (χ0) is 17.8. The number of hydrogen-bond donors (Lipinski definition) is 1. The molecule has 0 atom stereocenters. The molecule has 1 aliphatic heterocycles. The number of aromatic nitrogens is 2. The fourth-order valence-corrected chi connectivity index (χ4v) is 3.34. The first-order chi connectivity index (χ1) is 12.8. The highest BCUT2D eigenvalue weighted by Crippen LogP contribution is 2.25. The van der Waals surface area contributed by atoms with Crippen LogP contribution in [0.1, 0.15) is 25.7 Å². The van der Waals surface area contributed by atoms with E-state index in [1.165, 1.54) is 18.4 Å². The fourth-order valence-electron chi connectivity index (χ4n) is 3.34. The van der Waals surface area contributed by atoms with Gasteiger partial charge in [0, 0.05) is 11.6 Å². The average Bonchev–Trinajstić information content (AvgIpc) is 3.34. The van der Waals surface area contributed by atoms with E-state index in [9.17, 15) is 0 Å². The number of hydrogen-bond acceptors (Lipinski definition) is 3. The Bertz CT molecular complexity index is 982. The topological polar surface area (TPSA) is 53.4 Å². The predicted molar refractivity (Wildman–Crippen MR) is 109 cm³/mol. The molecule has 1 aromatic heterocycles. The van der Waals surface area contributed by atoms with Gasteiger partial charge in [0.05, 0.1) is 29.7 Å². The molecular formula is C22H22N4. The van der Waals surface area contributed by atoms with Crippen molar-refractivity contribution in [2.24, 2.45) is 9.98 Å². The van der Waals surface area contributed by atoms with E-state index in [4.69, 9.17) is 4.99 Å². The summed E-state index contributed by atoms with van der Waals surface area (Å²) in [6.07, 6.45) is 16.9. The maximum Gasteiger partial charge on any atom is 0.0665 e. The second-order valence-corrected chi connectivity index (χ2v) is 6.60. The maximum atomic E-state index is 4.95. The highest BCUT2D eigenvalue weighted by molar-refractivity contribution is 6.10. The Morgan fingerprint density at radius 1 is 1.27 bits per heavy atom. The number of aromatic amines is 1. The normalized spacial score (nSPS) is 18.2. The Labute approximate surface area is 153 Å². The van der Waals surface area contributed by atoms with E-state index < -0.39 is 0 Å². The number of rotatable bonds is 5. The summed E-state index contributed by atoms with van der Waals surface area (Å²) >= 11 is 0. The lowest BCUT2D eigenvalue weighted by Crippen LogP contribution is -2.03. The van der Waals surface area contributed by atoms with Gasteiger partial charge in [0.2, 0.25) is 0 Å². The van der Waals surface area contributed by atoms with E-state index in [1.807, 2.05) is 30.6 Å². The lowest BCUT2D eigenvalue weighted by molar-refractivity contribution is 0.717. The average molecular weight is 342 g/mol. The van der Waals surface area contributed by atoms with Gasteiger partial charge in [-0.05, 0) is 66.7 Å². The van der Waals surface area contributed by atoms with Crippen molar-refractivity contribution in [2.45, 2.75) is 25.7 Å². The van der Waals surface area contributed by atoms with Crippen LogP contribution in [0.25, 0.3) is 10.9 Å². The number of H-pyrrole nitrogens is 1. The first-order valence-electron chi connectivity index (χ1n) is 9.08. The van der Waals surface area contributed by atoms with E-state index in [-0.39, 0.29) is 0 Å². The summed E-state index contributed by atoms with van der Waals surface area (Å²) in [5.74, 6) is 0. The first kappa shape index (κ1) is 16.5. The van der Waals surface area contributed by atoms with Gasteiger partial charge in [-0.3, -0.25) is 10.1 Å². The van der Waals surface area contributed by atoms with Crippen LogP contribution in [0.5, 0.6) is 0 Å². The second kappa shape index (κ2) is 7.48. The van der Waals surface area contributed by atoms with Crippen LogP contribution in [-0.4, -0.2) is 28.7 Å². The lowest BCUT2D eigenvalue weighted by Gasteiger charge is -2.13. The molecule has 0 spiro atoms. The Hall–Kier alpha value is -3.01. The molecule has 2 aliphatic rings. The zero-order valence-corrected chi connectivity index (χ0v) is 14.8. The van der Waals surface area contributed by atoms with Gasteiger partial charge in [-0.2, -0.15) is 5.10 Å². The second-order valence-electron chi connectivity index (χ2n) is 6.60. The predicted octanol–water partition coefficient (Wildman–Crippen LogP) is 5.26. The van der Waals surface area contributed by atoms with Gasteiger partial charge in [0.1, 0.15) is 0 Å². The molecule has 0 saturated carbocycles. The van der Waals surface area contributed by atoms with Crippen LogP contribution in [-0.2, 0) is 0 Å². The summed E-state index contributed by atoms with van der Waals surface area (Å²) in [5.41, 5.74) is 6.62. The van der Waals surface area contributed by atoms with E-state index in [2.05, 4.69) is 46.1 Å². The van der Waals surface area contributed by atoms with Crippen molar-refractivity contribution >= 4 is 28.5 Å². The van der Waals surface area contributed by atoms with Crippen molar-refractivity contribution in [3.05, 3.63) is 72.0 Å². The maximum absolute atomic E-state index is 4.95. The molecule has 0 fully saturated rings. The molecule has 0 bridgehead atoms. The van der Waals surface area contributed by atoms with Crippen molar-refractivity contribution in [3.63, 3.8) is 0 Å². The largest absolute Gasteiger partial charge is 0.288 e. The van der Waals surface area contributed by atoms with Crippen LogP contribution in [0.4, 0.5) is 5.69 Å². The molecule has 4 nitrogen and oxygen atoms in total. The van der Waals surface area contributed by atoms with E-state index in [1.54, 1.807) is 0 Å². The third-order valence-electron chi connectivity index (χ3n) is 4.82. The molecule has 1 N–H and O–H groups in total. The third-order valence-corrected chi connectivity index (χ3v) is 4.82. The first-order valence-corrected chi connectivity index (χ1v) is 9.08. The van der Waals surface area contributed by atoms with Crippen LogP contribution in [0.2, 0.25) is 0 Å². The molecule has 2 aromatic rings. The highest BCUT2D eigenvalue weighted by atomic mass is 15.1. The lowest BCUT2D eigenvalue weighted by atomic mass is 9.95. The summed E-state index contributed by atoms with van der Waals surface area (Å²) in [5, 5.41) is 8.15. The molecule has 4 heteroatoms. The summed E-state index contributed by atoms with van der Waals surface area (Å²) in [7, 11) is 0. The molecule has 1 aromatic carbocycles. The molecular weight excluding hydrogens is 320 g/mol. The molecule has 0 unspecified atom stereocenters. The van der Waals surface area contributed by atoms with Gasteiger partial charge in [-0.25, -0.2) is 4.99 Å². The molecule has 2 heterocycles. The van der Waals surface area contributed by atoms with Crippen molar-refractivity contribution in [1.82, 2.24) is 10.2 Å². The molecule has 4 rings (SSSR count). The fraction of sp³-hybridized carbons (Fsp3) is 0.227. The zero-order valence-electron chi connectivity index (χ0n) is 14.8. The van der Waals surface area contributed by atoms with Crippen molar-refractivity contribution < 1.29 is 0 Å². The third kappa shape index (κ3) is 3.49. The van der Waals surface area contributed by atoms with Gasteiger partial charge in [0.15, 0.2) is 0 Å². The van der Waals surface area contributed by atoms with Gasteiger partial charge in [-0.1, -0.05) is 24.8 Å². The van der Waals surface area contributed by atoms with E-state index in [0.717, 1.165) is 52.8 Å². The molecule has 0 radical (unpaired) electrons. The van der Waals surface area contributed by atoms with Gasteiger partial charge >= 0.3 is 0 Å². The van der Waals surface area contributed by atoms with Crippen LogP contribution in [0.3, 0.4) is 0 Å². The van der Waals surface area contributed by atoms with Crippen LogP contribution >= 0.6 is 0 Å². The quantitative estimate of drug-likeness (QED) is 0.740. The van der Waals surface area contributed by atoms with Crippen LogP contribution < -0.4 is 0 Å². The van der Waals surface area contributed by atoms with Crippen molar-refractivity contribution in [1.29, 1.82) is 0 Å². The monoisotopic (exact) mass is 342 g/mol. The summed E-state index contributed by atoms with van der Waals surface area (Å²) < 4.78 is 0. The Morgan fingerprint density at radius 3 is 3.08 bits per heavy atom. The smallest absolute Gasteiger partial charge is 0.0665 e. The van der Waals surface area contributed by atoms with Crippen LogP contribution in [0, 0.1) is 0 Å². The minimum absolute atomic E-state index is 0.718. The number of nitrogens with one attached hydrogen (secondary N) is 1. The van der Waals surface area contributed by atoms with Gasteiger partial charge in [-0.15, -0.1) is 0 Å². The summed E-state index contributed by atoms with van der Waals surface area (Å²) in [4.78, 5) is 9.28. The Kier molecular flexibility index (Phi) is 4.73. The number of nitrogens with zero attached hydrogens (tertiary/aromatic N) is 3. The van der Waals surface area contributed by atoms with Gasteiger partial charge in [0.25, 0.3) is 0 Å². The standard InChI is InChI=1S/C22H22N4/c1-2-16-13-23-14-18(16)8-10-21(17-6-4-3-5-7-17)25-20-9-11-22-19(12-20)15-24-26-22/h2,6,8-12,14-15H,1,3-5,7,13H2,(H,24,26)/b10-8+,25-21?. The van der Waals surface area contributed by atoms with Crippen LogP contribution in [0.15, 0.2) is 82.0 Å². The van der Waals surface area contributed by atoms with E-state index >= 15 is 0 Å². The van der Waals surface area contributed by atoms with Gasteiger partial charge < -0.3 is 0 Å². The Balaban J connectivity index is 1.71. The minimum Gasteiger partial charge on any atom is -0.288 e. The Morgan fingerprint density at radius 2 is 2.23 bits per heavy atom. The van der Waals surface area contributed by atoms with E-state index in [0.29, 0.717) is 0 Å². The molecule has 26 heavy (non-hydrogen) atoms. The number of allylic oxidation sites excluding steroid dienone is 5. The SMILES string of the molecule is C=CC1=C(/C=C/C(=Nc2ccc3[nH]ncc3c2)C2=CCCCC2)C=NC1. The van der Waals surface area contributed by atoms with Crippen molar-refractivity contribution in [2.75, 3.05) is 6.54 Å². The summed E-state index contributed by atoms with van der Waals surface area (Å²) in [6.45, 7) is 4.60. The molecule has 0 amide bonds.